The molecule has 11 nitrogen and oxygen atoms in total. The van der Waals surface area contributed by atoms with Gasteiger partial charge < -0.3 is 37.1 Å². The van der Waals surface area contributed by atoms with E-state index in [0.717, 1.165) is 27.6 Å². The third-order valence-electron chi connectivity index (χ3n) is 7.85. The largest absolute Gasteiger partial charge is 0.460 e. The molecule has 0 spiro atoms. The van der Waals surface area contributed by atoms with E-state index >= 15 is 0 Å². The van der Waals surface area contributed by atoms with Crippen molar-refractivity contribution in [2.75, 3.05) is 6.54 Å². The number of aromatic nitrogens is 1. The maximum Gasteiger partial charge on any atom is 0.308 e. The smallest absolute Gasteiger partial charge is 0.308 e. The Balaban J connectivity index is 1.49. The van der Waals surface area contributed by atoms with Gasteiger partial charge in [0.25, 0.3) is 0 Å². The minimum absolute atomic E-state index is 0.0427. The van der Waals surface area contributed by atoms with E-state index < -0.39 is 53.5 Å². The normalized spacial score (nSPS) is 13.9. The third-order valence-corrected chi connectivity index (χ3v) is 8.58. The Morgan fingerprint density at radius 2 is 1.48 bits per heavy atom. The molecule has 0 unspecified atom stereocenters. The van der Waals surface area contributed by atoms with Crippen LogP contribution in [0.3, 0.4) is 0 Å². The maximum absolute atomic E-state index is 14.0. The number of carbonyl (C=O) groups is 4. The molecule has 266 valence electrons. The Kier molecular flexibility index (Phi) is 13.4. The van der Waals surface area contributed by atoms with Gasteiger partial charge in [-0.1, -0.05) is 77.8 Å². The molecule has 4 atom stereocenters. The van der Waals surface area contributed by atoms with Crippen molar-refractivity contribution in [1.29, 1.82) is 0 Å². The summed E-state index contributed by atoms with van der Waals surface area (Å²) in [7, 11) is 0. The van der Waals surface area contributed by atoms with E-state index in [1.165, 1.54) is 0 Å². The molecule has 0 saturated heterocycles. The van der Waals surface area contributed by atoms with Gasteiger partial charge >= 0.3 is 5.97 Å². The van der Waals surface area contributed by atoms with Gasteiger partial charge in [-0.05, 0) is 68.5 Å². The van der Waals surface area contributed by atoms with Gasteiger partial charge in [0.15, 0.2) is 0 Å². The minimum atomic E-state index is -1.17. The summed E-state index contributed by atoms with van der Waals surface area (Å²) >= 11 is 12.4. The number of nitrogens with one attached hydrogen (secondary N) is 4. The average molecular weight is 724 g/mol. The number of hydrogen-bond donors (Lipinski definition) is 6. The zero-order valence-corrected chi connectivity index (χ0v) is 29.8. The van der Waals surface area contributed by atoms with E-state index in [4.69, 9.17) is 39.4 Å². The number of benzene rings is 3. The first kappa shape index (κ1) is 38.4. The summed E-state index contributed by atoms with van der Waals surface area (Å²) < 4.78 is 5.28. The number of nitrogens with two attached hydrogens (primary N) is 2. The average Bonchev–Trinajstić information content (AvgIpc) is 3.46. The number of amides is 3. The number of para-hydroxylation sites is 1. The number of H-pyrrole nitrogens is 1. The number of fused-ring (bicyclic) bond motifs is 1. The van der Waals surface area contributed by atoms with E-state index in [-0.39, 0.29) is 32.2 Å². The predicted octanol–water partition coefficient (Wildman–Crippen LogP) is 3.97. The molecule has 0 saturated carbocycles. The summed E-state index contributed by atoms with van der Waals surface area (Å²) in [6.45, 7) is 5.12. The van der Waals surface area contributed by atoms with Crippen LogP contribution >= 0.6 is 23.2 Å². The first-order chi connectivity index (χ1) is 23.7. The van der Waals surface area contributed by atoms with E-state index in [0.29, 0.717) is 10.0 Å². The highest BCUT2D eigenvalue weighted by Gasteiger charge is 2.28. The third kappa shape index (κ3) is 11.6. The molecule has 13 heteroatoms. The van der Waals surface area contributed by atoms with Crippen LogP contribution in [0.25, 0.3) is 10.9 Å². The number of aromatic amines is 1. The second kappa shape index (κ2) is 17.5. The second-order valence-corrected chi connectivity index (χ2v) is 14.0. The molecule has 4 aromatic rings. The van der Waals surface area contributed by atoms with Gasteiger partial charge in [-0.2, -0.15) is 0 Å². The number of esters is 1. The van der Waals surface area contributed by atoms with Gasteiger partial charge in [-0.25, -0.2) is 0 Å². The number of rotatable bonds is 15. The van der Waals surface area contributed by atoms with Crippen LogP contribution in [0.1, 0.15) is 43.9 Å². The predicted molar refractivity (Wildman–Crippen MR) is 196 cm³/mol. The topological polar surface area (TPSA) is 181 Å². The lowest BCUT2D eigenvalue weighted by atomic mass is 10.0. The zero-order valence-electron chi connectivity index (χ0n) is 28.3. The van der Waals surface area contributed by atoms with Crippen molar-refractivity contribution in [2.45, 2.75) is 76.2 Å². The lowest BCUT2D eigenvalue weighted by Gasteiger charge is -2.26. The lowest BCUT2D eigenvalue weighted by Crippen LogP contribution is -2.56. The summed E-state index contributed by atoms with van der Waals surface area (Å²) in [5.41, 5.74) is 15.0. The van der Waals surface area contributed by atoms with Crippen LogP contribution in [0.15, 0.2) is 79.0 Å². The molecule has 3 aromatic carbocycles. The van der Waals surface area contributed by atoms with Crippen LogP contribution in [0.5, 0.6) is 0 Å². The molecular weight excluding hydrogens is 679 g/mol. The number of ether oxygens (including phenoxy) is 1. The molecule has 1 heterocycles. The fourth-order valence-electron chi connectivity index (χ4n) is 5.41. The molecule has 0 aliphatic carbocycles. The number of hydrogen-bond acceptors (Lipinski definition) is 7. The fourth-order valence-corrected chi connectivity index (χ4v) is 5.73. The highest BCUT2D eigenvalue weighted by atomic mass is 35.5. The molecule has 1 aromatic heterocycles. The maximum atomic E-state index is 14.0. The van der Waals surface area contributed by atoms with Crippen molar-refractivity contribution in [3.8, 4) is 0 Å². The summed E-state index contributed by atoms with van der Waals surface area (Å²) in [4.78, 5) is 55.8. The van der Waals surface area contributed by atoms with Crippen LogP contribution in [-0.2, 0) is 43.2 Å². The van der Waals surface area contributed by atoms with E-state index in [2.05, 4.69) is 20.9 Å². The van der Waals surface area contributed by atoms with Gasteiger partial charge in [0.1, 0.15) is 11.6 Å². The van der Waals surface area contributed by atoms with Gasteiger partial charge in [0, 0.05) is 30.1 Å². The zero-order chi connectivity index (χ0) is 36.4. The molecule has 0 bridgehead atoms. The van der Waals surface area contributed by atoms with Crippen LogP contribution < -0.4 is 27.4 Å². The standard InChI is InChI=1S/C37H44Cl2N6O5/c1-37(2,3)50-33(46)19-30(41)34(47)43-21-25(15-23-13-14-27(38)28(39)16-23)44-36(49)32(17-22-9-5-4-6-10-22)45-35(48)29(40)18-24-20-42-31-12-8-7-11-26(24)31/h4-14,16,20,25,29-30,32,42H,15,17-19,21,40-41H2,1-3H3,(H,43,47)(H,44,49)(H,45,48)/t25-,29+,30-,32+/m1/s1. The fraction of sp³-hybridized carbons (Fsp3) is 0.351. The Morgan fingerprint density at radius 3 is 2.18 bits per heavy atom. The molecule has 4 rings (SSSR count). The highest BCUT2D eigenvalue weighted by Crippen LogP contribution is 2.23. The molecule has 3 amide bonds. The van der Waals surface area contributed by atoms with Crippen molar-refractivity contribution in [1.82, 2.24) is 20.9 Å². The molecule has 50 heavy (non-hydrogen) atoms. The van der Waals surface area contributed by atoms with Crippen molar-refractivity contribution >= 4 is 57.8 Å². The Bertz CT molecular complexity index is 1790. The quantitative estimate of drug-likeness (QED) is 0.100. The van der Waals surface area contributed by atoms with E-state index in [1.807, 2.05) is 60.8 Å². The van der Waals surface area contributed by atoms with E-state index in [9.17, 15) is 19.2 Å². The summed E-state index contributed by atoms with van der Waals surface area (Å²) in [6.07, 6.45) is 2.19. The highest BCUT2D eigenvalue weighted by molar-refractivity contribution is 6.42. The first-order valence-electron chi connectivity index (χ1n) is 16.3. The summed E-state index contributed by atoms with van der Waals surface area (Å²) in [6, 6.07) is 18.3. The Hall–Kier alpha value is -4.42. The minimum Gasteiger partial charge on any atom is -0.460 e. The molecule has 0 fully saturated rings. The Labute approximate surface area is 301 Å². The van der Waals surface area contributed by atoms with Crippen LogP contribution in [0.2, 0.25) is 10.0 Å². The SMILES string of the molecule is CC(C)(C)OC(=O)C[C@@H](N)C(=O)NC[C@@H](Cc1ccc(Cl)c(Cl)c1)NC(=O)[C@H](Cc1ccccc1)NC(=O)[C@@H](N)Cc1c[nH]c2ccccc12. The van der Waals surface area contributed by atoms with Gasteiger partial charge in [-0.15, -0.1) is 0 Å². The van der Waals surface area contributed by atoms with Crippen molar-refractivity contribution in [3.63, 3.8) is 0 Å². The second-order valence-electron chi connectivity index (χ2n) is 13.2. The summed E-state index contributed by atoms with van der Waals surface area (Å²) in [5, 5.41) is 10.2. The lowest BCUT2D eigenvalue weighted by molar-refractivity contribution is -0.156. The Morgan fingerprint density at radius 1 is 0.780 bits per heavy atom. The monoisotopic (exact) mass is 722 g/mol. The molecule has 8 N–H and O–H groups in total. The molecule has 0 aliphatic heterocycles. The van der Waals surface area contributed by atoms with Crippen molar-refractivity contribution in [3.05, 3.63) is 106 Å². The molecule has 0 radical (unpaired) electrons. The number of carbonyl (C=O) groups excluding carboxylic acids is 4. The van der Waals surface area contributed by atoms with E-state index in [1.54, 1.807) is 39.0 Å². The van der Waals surface area contributed by atoms with Crippen LogP contribution in [0, 0.1) is 0 Å². The van der Waals surface area contributed by atoms with Gasteiger partial charge in [-0.3, -0.25) is 19.2 Å². The molecule has 0 aliphatic rings. The molecular formula is C37H44Cl2N6O5. The first-order valence-corrected chi connectivity index (χ1v) is 17.1. The van der Waals surface area contributed by atoms with Crippen LogP contribution in [-0.4, -0.2) is 65.0 Å². The van der Waals surface area contributed by atoms with Crippen LogP contribution in [0.4, 0.5) is 0 Å². The van der Waals surface area contributed by atoms with Gasteiger partial charge in [0.05, 0.1) is 34.6 Å². The van der Waals surface area contributed by atoms with Crippen molar-refractivity contribution < 1.29 is 23.9 Å². The van der Waals surface area contributed by atoms with Crippen molar-refractivity contribution in [2.24, 2.45) is 11.5 Å². The number of halogens is 2. The van der Waals surface area contributed by atoms with Gasteiger partial charge in [0.2, 0.25) is 17.7 Å². The summed E-state index contributed by atoms with van der Waals surface area (Å²) in [5.74, 6) is -2.18.